The fourth-order valence-corrected chi connectivity index (χ4v) is 4.00. The molecular formula is C26H32N6O. The van der Waals surface area contributed by atoms with E-state index in [9.17, 15) is 4.79 Å². The summed E-state index contributed by atoms with van der Waals surface area (Å²) in [6, 6.07) is 16.4. The minimum atomic E-state index is -0.118. The molecule has 4 rings (SSSR count). The Bertz CT molecular complexity index is 1260. The van der Waals surface area contributed by atoms with Crippen molar-refractivity contribution in [1.29, 1.82) is 0 Å². The Morgan fingerprint density at radius 1 is 1.00 bits per heavy atom. The van der Waals surface area contributed by atoms with Gasteiger partial charge in [0, 0.05) is 29.4 Å². The van der Waals surface area contributed by atoms with Crippen molar-refractivity contribution in [2.24, 2.45) is 5.92 Å². The molecule has 2 aromatic carbocycles. The average Bonchev–Trinajstić information content (AvgIpc) is 3.42. The van der Waals surface area contributed by atoms with Gasteiger partial charge in [0.25, 0.3) is 0 Å². The highest BCUT2D eigenvalue weighted by Crippen LogP contribution is 2.27. The van der Waals surface area contributed by atoms with Crippen LogP contribution in [0.5, 0.6) is 0 Å². The molecule has 7 heteroatoms. The number of tetrazole rings is 1. The summed E-state index contributed by atoms with van der Waals surface area (Å²) in [7, 11) is 0. The van der Waals surface area contributed by atoms with Crippen LogP contribution >= 0.6 is 0 Å². The van der Waals surface area contributed by atoms with E-state index >= 15 is 0 Å². The molecule has 0 amide bonds. The van der Waals surface area contributed by atoms with Gasteiger partial charge >= 0.3 is 5.69 Å². The largest absolute Gasteiger partial charge is 0.328 e. The molecule has 0 aliphatic carbocycles. The number of hydrogen-bond donors (Lipinski definition) is 0. The van der Waals surface area contributed by atoms with Crippen LogP contribution in [0.15, 0.2) is 65.8 Å². The summed E-state index contributed by atoms with van der Waals surface area (Å²) >= 11 is 0. The number of imidazole rings is 1. The number of rotatable bonds is 7. The zero-order chi connectivity index (χ0) is 23.6. The van der Waals surface area contributed by atoms with Crippen molar-refractivity contribution in [2.45, 2.75) is 59.5 Å². The normalized spacial score (nSPS) is 11.9. The summed E-state index contributed by atoms with van der Waals surface area (Å²) in [5.74, 6) is 0.557. The Morgan fingerprint density at radius 3 is 2.36 bits per heavy atom. The molecule has 2 aromatic heterocycles. The second-order valence-corrected chi connectivity index (χ2v) is 9.98. The lowest BCUT2D eigenvalue weighted by atomic mass is 9.92. The first-order chi connectivity index (χ1) is 15.7. The highest BCUT2D eigenvalue weighted by molar-refractivity contribution is 5.72. The Hall–Kier alpha value is -3.48. The molecule has 4 aromatic rings. The van der Waals surface area contributed by atoms with Gasteiger partial charge in [-0.25, -0.2) is 4.79 Å². The van der Waals surface area contributed by atoms with Gasteiger partial charge in [0.15, 0.2) is 0 Å². The maximum absolute atomic E-state index is 13.2. The summed E-state index contributed by atoms with van der Waals surface area (Å²) in [4.78, 5) is 13.2. The molecule has 33 heavy (non-hydrogen) atoms. The molecule has 0 bridgehead atoms. The molecule has 0 unspecified atom stereocenters. The van der Waals surface area contributed by atoms with E-state index in [1.807, 2.05) is 33.5 Å². The van der Waals surface area contributed by atoms with Crippen LogP contribution in [-0.2, 0) is 18.5 Å². The predicted octanol–water partition coefficient (Wildman–Crippen LogP) is 4.68. The molecule has 2 heterocycles. The van der Waals surface area contributed by atoms with E-state index in [0.29, 0.717) is 12.5 Å². The van der Waals surface area contributed by atoms with Gasteiger partial charge in [-0.15, -0.1) is 5.10 Å². The number of para-hydroxylation sites is 1. The first kappa shape index (κ1) is 22.7. The molecule has 172 valence electrons. The van der Waals surface area contributed by atoms with Gasteiger partial charge in [0.2, 0.25) is 0 Å². The Morgan fingerprint density at radius 2 is 1.73 bits per heavy atom. The molecule has 7 nitrogen and oxygen atoms in total. The number of aryl methyl sites for hydroxylation is 1. The minimum Gasteiger partial charge on any atom is -0.299 e. The van der Waals surface area contributed by atoms with E-state index in [-0.39, 0.29) is 11.1 Å². The zero-order valence-corrected chi connectivity index (χ0v) is 20.1. The first-order valence-electron chi connectivity index (χ1n) is 11.5. The standard InChI is InChI=1S/C26H32N6O/c1-19(2)14-15-30-17-24(26(3,4)5)31(25(30)33)16-20-10-12-21(13-11-20)22-8-6-7-9-23(22)32-18-27-28-29-32/h6-13,17-19H,14-16H2,1-5H3. The number of aromatic nitrogens is 6. The van der Waals surface area contributed by atoms with Crippen molar-refractivity contribution >= 4 is 0 Å². The van der Waals surface area contributed by atoms with Crippen LogP contribution in [-0.4, -0.2) is 29.3 Å². The highest BCUT2D eigenvalue weighted by atomic mass is 16.1. The molecule has 0 aliphatic rings. The van der Waals surface area contributed by atoms with Crippen molar-refractivity contribution < 1.29 is 0 Å². The lowest BCUT2D eigenvalue weighted by Gasteiger charge is -2.20. The van der Waals surface area contributed by atoms with Crippen molar-refractivity contribution in [1.82, 2.24) is 29.3 Å². The van der Waals surface area contributed by atoms with Gasteiger partial charge in [-0.3, -0.25) is 9.13 Å². The first-order valence-corrected chi connectivity index (χ1v) is 11.5. The van der Waals surface area contributed by atoms with E-state index in [0.717, 1.165) is 41.0 Å². The van der Waals surface area contributed by atoms with E-state index in [2.05, 4.69) is 80.5 Å². The van der Waals surface area contributed by atoms with Crippen molar-refractivity contribution in [3.05, 3.63) is 82.8 Å². The second-order valence-electron chi connectivity index (χ2n) is 9.98. The van der Waals surface area contributed by atoms with Gasteiger partial charge in [0.1, 0.15) is 6.33 Å². The monoisotopic (exact) mass is 444 g/mol. The van der Waals surface area contributed by atoms with Crippen molar-refractivity contribution in [2.75, 3.05) is 0 Å². The molecular weight excluding hydrogens is 412 g/mol. The topological polar surface area (TPSA) is 70.5 Å². The van der Waals surface area contributed by atoms with Crippen LogP contribution in [0.1, 0.15) is 52.3 Å². The van der Waals surface area contributed by atoms with E-state index in [1.54, 1.807) is 11.0 Å². The number of benzene rings is 2. The third-order valence-electron chi connectivity index (χ3n) is 5.87. The van der Waals surface area contributed by atoms with Crippen molar-refractivity contribution in [3.8, 4) is 16.8 Å². The smallest absolute Gasteiger partial charge is 0.299 e. The lowest BCUT2D eigenvalue weighted by molar-refractivity contribution is 0.501. The maximum atomic E-state index is 13.2. The Labute approximate surface area is 194 Å². The fraction of sp³-hybridized carbons (Fsp3) is 0.385. The maximum Gasteiger partial charge on any atom is 0.328 e. The van der Waals surface area contributed by atoms with E-state index < -0.39 is 0 Å². The molecule has 0 atom stereocenters. The van der Waals surface area contributed by atoms with Crippen LogP contribution in [0.25, 0.3) is 16.8 Å². The molecule has 0 radical (unpaired) electrons. The highest BCUT2D eigenvalue weighted by Gasteiger charge is 2.23. The zero-order valence-electron chi connectivity index (χ0n) is 20.1. The van der Waals surface area contributed by atoms with E-state index in [4.69, 9.17) is 0 Å². The van der Waals surface area contributed by atoms with Crippen LogP contribution in [0, 0.1) is 5.92 Å². The molecule has 0 aliphatic heterocycles. The Kier molecular flexibility index (Phi) is 6.31. The molecule has 0 N–H and O–H groups in total. The van der Waals surface area contributed by atoms with E-state index in [1.165, 1.54) is 0 Å². The summed E-state index contributed by atoms with van der Waals surface area (Å²) < 4.78 is 5.46. The van der Waals surface area contributed by atoms with Gasteiger partial charge < -0.3 is 0 Å². The summed E-state index contributed by atoms with van der Waals surface area (Å²) in [5, 5.41) is 11.5. The number of hydrogen-bond acceptors (Lipinski definition) is 4. The molecule has 0 saturated heterocycles. The van der Waals surface area contributed by atoms with Crippen LogP contribution in [0.2, 0.25) is 0 Å². The third kappa shape index (κ3) is 4.97. The lowest BCUT2D eigenvalue weighted by Crippen LogP contribution is -2.28. The van der Waals surface area contributed by atoms with Crippen LogP contribution < -0.4 is 5.69 Å². The third-order valence-corrected chi connectivity index (χ3v) is 5.87. The van der Waals surface area contributed by atoms with Crippen molar-refractivity contribution in [3.63, 3.8) is 0 Å². The molecule has 0 fully saturated rings. The fourth-order valence-electron chi connectivity index (χ4n) is 4.00. The predicted molar refractivity (Wildman–Crippen MR) is 131 cm³/mol. The number of nitrogens with zero attached hydrogens (tertiary/aromatic N) is 6. The molecule has 0 spiro atoms. The van der Waals surface area contributed by atoms with Gasteiger partial charge in [-0.05, 0) is 40.0 Å². The van der Waals surface area contributed by atoms with Gasteiger partial charge in [0.05, 0.1) is 12.2 Å². The Balaban J connectivity index is 1.64. The average molecular weight is 445 g/mol. The second kappa shape index (κ2) is 9.17. The SMILES string of the molecule is CC(C)CCn1cc(C(C)(C)C)n(Cc2ccc(-c3ccccc3-n3cnnn3)cc2)c1=O. The summed E-state index contributed by atoms with van der Waals surface area (Å²) in [6.45, 7) is 12.1. The van der Waals surface area contributed by atoms with Crippen LogP contribution in [0.3, 0.4) is 0 Å². The summed E-state index contributed by atoms with van der Waals surface area (Å²) in [5.41, 5.74) is 5.13. The minimum absolute atomic E-state index is 0.0636. The van der Waals surface area contributed by atoms with Crippen LogP contribution in [0.4, 0.5) is 0 Å². The van der Waals surface area contributed by atoms with Gasteiger partial charge in [-0.2, -0.15) is 4.68 Å². The van der Waals surface area contributed by atoms with Gasteiger partial charge in [-0.1, -0.05) is 77.1 Å². The quantitative estimate of drug-likeness (QED) is 0.415. The summed E-state index contributed by atoms with van der Waals surface area (Å²) in [6.07, 6.45) is 4.63. The molecule has 0 saturated carbocycles.